The molecule has 0 amide bonds. The van der Waals surface area contributed by atoms with Crippen molar-refractivity contribution in [2.24, 2.45) is 4.99 Å². The molecular formula is C30H36ClF2N7. The third-order valence-electron chi connectivity index (χ3n) is 7.64. The van der Waals surface area contributed by atoms with Crippen LogP contribution in [0.5, 0.6) is 0 Å². The minimum Gasteiger partial charge on any atom is -0.346 e. The van der Waals surface area contributed by atoms with E-state index in [4.69, 9.17) is 11.6 Å². The minimum atomic E-state index is -0.625. The van der Waals surface area contributed by atoms with Gasteiger partial charge in [-0.1, -0.05) is 44.4 Å². The maximum Gasteiger partial charge on any atom is 0.142 e. The van der Waals surface area contributed by atoms with Crippen LogP contribution in [0.3, 0.4) is 0 Å². The van der Waals surface area contributed by atoms with E-state index in [-0.39, 0.29) is 23.2 Å². The Labute approximate surface area is 239 Å². The molecule has 0 saturated carbocycles. The van der Waals surface area contributed by atoms with Gasteiger partial charge < -0.3 is 10.6 Å². The molecule has 2 aliphatic rings. The fourth-order valence-electron chi connectivity index (χ4n) is 5.38. The molecule has 1 atom stereocenters. The number of unbranched alkanes of at least 4 members (excludes halogenated alkanes) is 2. The van der Waals surface area contributed by atoms with Crippen LogP contribution in [-0.2, 0) is 12.1 Å². The summed E-state index contributed by atoms with van der Waals surface area (Å²) in [5.74, 6) is -0.405. The van der Waals surface area contributed by atoms with Crippen molar-refractivity contribution in [1.82, 2.24) is 25.3 Å². The zero-order chi connectivity index (χ0) is 28.7. The lowest BCUT2D eigenvalue weighted by molar-refractivity contribution is -0.00189. The van der Waals surface area contributed by atoms with Crippen molar-refractivity contribution in [2.75, 3.05) is 19.6 Å². The molecule has 4 rings (SSSR count). The first kappa shape index (κ1) is 29.7. The second-order valence-electron chi connectivity index (χ2n) is 10.5. The van der Waals surface area contributed by atoms with Crippen LogP contribution in [0.1, 0.15) is 57.1 Å². The van der Waals surface area contributed by atoms with Gasteiger partial charge in [-0.3, -0.25) is 9.58 Å². The Hall–Kier alpha value is -3.32. The summed E-state index contributed by atoms with van der Waals surface area (Å²) in [6.07, 6.45) is 13.6. The molecule has 1 unspecified atom stereocenters. The maximum atomic E-state index is 14.4. The normalized spacial score (nSPS) is 19.2. The number of likely N-dealkylation sites (tertiary alicyclic amines) is 1. The molecule has 2 N–H and O–H groups in total. The van der Waals surface area contributed by atoms with E-state index in [1.165, 1.54) is 6.20 Å². The van der Waals surface area contributed by atoms with Gasteiger partial charge in [0.2, 0.25) is 0 Å². The molecule has 3 heterocycles. The quantitative estimate of drug-likeness (QED) is 0.232. The van der Waals surface area contributed by atoms with Crippen LogP contribution in [0.4, 0.5) is 8.78 Å². The zero-order valence-corrected chi connectivity index (χ0v) is 23.8. The Kier molecular flexibility index (Phi) is 9.90. The molecule has 0 bridgehead atoms. The number of hydrogen-bond donors (Lipinski definition) is 2. The number of nitrogens with one attached hydrogen (secondary N) is 2. The topological polar surface area (TPSA) is 81.3 Å². The summed E-state index contributed by atoms with van der Waals surface area (Å²) in [6, 6.07) is 4.57. The molecule has 1 aromatic heterocycles. The number of allylic oxidation sites excluding steroid dienone is 1. The van der Waals surface area contributed by atoms with Crippen LogP contribution in [0.2, 0.25) is 5.02 Å². The van der Waals surface area contributed by atoms with E-state index in [0.717, 1.165) is 66.9 Å². The lowest BCUT2D eigenvalue weighted by Crippen LogP contribution is -2.64. The van der Waals surface area contributed by atoms with Crippen molar-refractivity contribution >= 4 is 23.0 Å². The van der Waals surface area contributed by atoms with Crippen LogP contribution < -0.4 is 10.6 Å². The molecule has 7 nitrogen and oxygen atoms in total. The van der Waals surface area contributed by atoms with E-state index in [1.807, 2.05) is 36.3 Å². The van der Waals surface area contributed by atoms with Gasteiger partial charge in [0.15, 0.2) is 0 Å². The second kappa shape index (κ2) is 13.4. The zero-order valence-electron chi connectivity index (χ0n) is 23.1. The molecule has 1 aromatic carbocycles. The van der Waals surface area contributed by atoms with Gasteiger partial charge in [0.1, 0.15) is 23.0 Å². The number of aromatic nitrogens is 2. The Morgan fingerprint density at radius 1 is 1.35 bits per heavy atom. The summed E-state index contributed by atoms with van der Waals surface area (Å²) >= 11 is 6.06. The number of aliphatic imine (C=N–C) groups is 1. The van der Waals surface area contributed by atoms with Crippen molar-refractivity contribution in [1.29, 1.82) is 5.26 Å². The molecular weight excluding hydrogens is 532 g/mol. The minimum absolute atomic E-state index is 0.0646. The highest BCUT2D eigenvalue weighted by Gasteiger charge is 2.45. The molecule has 40 heavy (non-hydrogen) atoms. The Bertz CT molecular complexity index is 1350. The summed E-state index contributed by atoms with van der Waals surface area (Å²) in [6.45, 7) is 10.1. The molecule has 212 valence electrons. The van der Waals surface area contributed by atoms with Crippen LogP contribution in [-0.4, -0.2) is 46.2 Å². The Morgan fingerprint density at radius 2 is 2.12 bits per heavy atom. The van der Waals surface area contributed by atoms with Gasteiger partial charge in [-0.05, 0) is 37.1 Å². The lowest BCUT2D eigenvalue weighted by atomic mass is 9.86. The van der Waals surface area contributed by atoms with Gasteiger partial charge in [-0.15, -0.1) is 0 Å². The van der Waals surface area contributed by atoms with Crippen LogP contribution in [0, 0.1) is 23.0 Å². The highest BCUT2D eigenvalue weighted by Crippen LogP contribution is 2.34. The molecule has 2 aromatic rings. The largest absolute Gasteiger partial charge is 0.346 e. The molecule has 10 heteroatoms. The van der Waals surface area contributed by atoms with Crippen molar-refractivity contribution in [3.63, 3.8) is 0 Å². The molecule has 1 fully saturated rings. The van der Waals surface area contributed by atoms with Crippen LogP contribution in [0.25, 0.3) is 5.57 Å². The number of halogens is 3. The smallest absolute Gasteiger partial charge is 0.142 e. The van der Waals surface area contributed by atoms with E-state index in [2.05, 4.69) is 45.2 Å². The fourth-order valence-corrected chi connectivity index (χ4v) is 5.60. The third kappa shape index (κ3) is 6.52. The van der Waals surface area contributed by atoms with Gasteiger partial charge in [0.05, 0.1) is 23.7 Å². The molecule has 0 radical (unpaired) electrons. The predicted octanol–water partition coefficient (Wildman–Crippen LogP) is 5.91. The molecule has 1 saturated heterocycles. The van der Waals surface area contributed by atoms with E-state index < -0.39 is 17.2 Å². The van der Waals surface area contributed by atoms with Crippen molar-refractivity contribution in [3.8, 4) is 6.07 Å². The molecule has 0 spiro atoms. The average molecular weight is 568 g/mol. The number of hydrogen-bond acceptors (Lipinski definition) is 5. The summed E-state index contributed by atoms with van der Waals surface area (Å²) < 4.78 is 30.2. The van der Waals surface area contributed by atoms with E-state index in [0.29, 0.717) is 19.5 Å². The fraction of sp³-hybridized carbons (Fsp3) is 0.433. The lowest BCUT2D eigenvalue weighted by Gasteiger charge is -2.50. The van der Waals surface area contributed by atoms with E-state index in [1.54, 1.807) is 0 Å². The molecule has 0 aliphatic carbocycles. The highest BCUT2D eigenvalue weighted by molar-refractivity contribution is 6.31. The standard InChI is InChI=1S/C30H36ClF2N7/c1-4-6-7-8-23(37-16-25-26(32)9-10-27(33)28(25)31)18-39-19-30(20-39,12-13-34)40-17-22(15-38-40)21(3)24-11-14-36-29(24)35-5-2/h5,9-11,14-15,17,23,37H,2,4,6-8,12,16,18-20H2,1,3H3,(H,35,36)/b24-21+. The second-order valence-corrected chi connectivity index (χ2v) is 10.9. The summed E-state index contributed by atoms with van der Waals surface area (Å²) in [5, 5.41) is 20.7. The molecule has 2 aliphatic heterocycles. The van der Waals surface area contributed by atoms with Crippen LogP contribution in [0.15, 0.2) is 60.1 Å². The van der Waals surface area contributed by atoms with Crippen molar-refractivity contribution in [3.05, 3.63) is 82.9 Å². The van der Waals surface area contributed by atoms with E-state index in [9.17, 15) is 14.0 Å². The van der Waals surface area contributed by atoms with Gasteiger partial charge in [-0.25, -0.2) is 13.8 Å². The third-order valence-corrected chi connectivity index (χ3v) is 8.04. The number of nitrogens with zero attached hydrogens (tertiary/aromatic N) is 5. The highest BCUT2D eigenvalue weighted by atomic mass is 35.5. The van der Waals surface area contributed by atoms with Crippen LogP contribution >= 0.6 is 11.6 Å². The first-order valence-electron chi connectivity index (χ1n) is 13.7. The Morgan fingerprint density at radius 3 is 2.85 bits per heavy atom. The van der Waals surface area contributed by atoms with Gasteiger partial charge in [0.25, 0.3) is 0 Å². The number of benzene rings is 1. The van der Waals surface area contributed by atoms with Crippen molar-refractivity contribution in [2.45, 2.75) is 64.1 Å². The van der Waals surface area contributed by atoms with Crippen molar-refractivity contribution < 1.29 is 8.78 Å². The van der Waals surface area contributed by atoms with Gasteiger partial charge in [0, 0.05) is 67.5 Å². The summed E-state index contributed by atoms with van der Waals surface area (Å²) in [5.41, 5.74) is 2.68. The predicted molar refractivity (Wildman–Crippen MR) is 156 cm³/mol. The summed E-state index contributed by atoms with van der Waals surface area (Å²) in [4.78, 5) is 6.58. The first-order valence-corrected chi connectivity index (χ1v) is 14.0. The Balaban J connectivity index is 1.45. The average Bonchev–Trinajstić information content (AvgIpc) is 3.60. The first-order chi connectivity index (χ1) is 19.3. The van der Waals surface area contributed by atoms with Gasteiger partial charge in [-0.2, -0.15) is 10.4 Å². The SMILES string of the molecule is C=C/N=C1/NC=C/C1=C(/C)c1cnn(C2(CC#N)CN(CC(CCCCC)NCc3c(F)ccc(F)c3Cl)C2)c1. The van der Waals surface area contributed by atoms with Gasteiger partial charge >= 0.3 is 0 Å². The summed E-state index contributed by atoms with van der Waals surface area (Å²) in [7, 11) is 0. The number of amidine groups is 1. The monoisotopic (exact) mass is 567 g/mol. The maximum absolute atomic E-state index is 14.4. The number of rotatable bonds is 13. The van der Waals surface area contributed by atoms with E-state index >= 15 is 0 Å². The number of nitriles is 1.